The van der Waals surface area contributed by atoms with E-state index in [1.54, 1.807) is 0 Å². The molecule has 2 aromatic carbocycles. The number of benzene rings is 2. The summed E-state index contributed by atoms with van der Waals surface area (Å²) in [5.74, 6) is 1.00. The molecule has 6 heteroatoms. The molecule has 1 fully saturated rings. The summed E-state index contributed by atoms with van der Waals surface area (Å²) in [6.07, 6.45) is 3.46. The minimum Gasteiger partial charge on any atom is -0.378 e. The molecule has 170 valence electrons. The van der Waals surface area contributed by atoms with Gasteiger partial charge in [0.2, 0.25) is 5.91 Å². The maximum Gasteiger partial charge on any atom is 0.223 e. The van der Waals surface area contributed by atoms with Crippen LogP contribution >= 0.6 is 11.6 Å². The number of imidazole rings is 1. The fraction of sp³-hybridized carbons (Fsp3) is 0.333. The van der Waals surface area contributed by atoms with Crippen LogP contribution < -0.4 is 0 Å². The van der Waals surface area contributed by atoms with Gasteiger partial charge in [-0.1, -0.05) is 54.9 Å². The van der Waals surface area contributed by atoms with Crippen LogP contribution in [0.4, 0.5) is 0 Å². The zero-order chi connectivity index (χ0) is 22.9. The van der Waals surface area contributed by atoms with Crippen molar-refractivity contribution < 1.29 is 9.53 Å². The van der Waals surface area contributed by atoms with E-state index < -0.39 is 0 Å². The predicted molar refractivity (Wildman–Crippen MR) is 131 cm³/mol. The van der Waals surface area contributed by atoms with Gasteiger partial charge in [-0.15, -0.1) is 0 Å². The molecule has 0 spiro atoms. The summed E-state index contributed by atoms with van der Waals surface area (Å²) < 4.78 is 7.70. The van der Waals surface area contributed by atoms with E-state index in [9.17, 15) is 4.79 Å². The molecule has 1 amide bonds. The van der Waals surface area contributed by atoms with Crippen LogP contribution in [0.15, 0.2) is 54.6 Å². The maximum atomic E-state index is 13.4. The van der Waals surface area contributed by atoms with E-state index in [0.29, 0.717) is 37.7 Å². The van der Waals surface area contributed by atoms with E-state index in [0.717, 1.165) is 46.0 Å². The van der Waals surface area contributed by atoms with Gasteiger partial charge in [0.05, 0.1) is 30.3 Å². The van der Waals surface area contributed by atoms with Crippen molar-refractivity contribution in [1.82, 2.24) is 14.5 Å². The number of amides is 1. The number of aromatic nitrogens is 2. The van der Waals surface area contributed by atoms with Crippen molar-refractivity contribution >= 4 is 23.1 Å². The van der Waals surface area contributed by atoms with Crippen molar-refractivity contribution in [2.24, 2.45) is 0 Å². The van der Waals surface area contributed by atoms with Gasteiger partial charge in [-0.05, 0) is 42.7 Å². The summed E-state index contributed by atoms with van der Waals surface area (Å²) in [6.45, 7) is 6.67. The number of carbonyl (C=O) groups is 1. The fourth-order valence-electron chi connectivity index (χ4n) is 5.01. The number of aryl methyl sites for hydroxylation is 2. The van der Waals surface area contributed by atoms with Crippen molar-refractivity contribution in [3.8, 4) is 5.69 Å². The molecule has 0 N–H and O–H groups in total. The van der Waals surface area contributed by atoms with Crippen LogP contribution in [0.1, 0.15) is 47.6 Å². The molecule has 0 saturated carbocycles. The van der Waals surface area contributed by atoms with Crippen LogP contribution in [-0.4, -0.2) is 46.7 Å². The summed E-state index contributed by atoms with van der Waals surface area (Å²) in [4.78, 5) is 20.2. The van der Waals surface area contributed by atoms with Crippen molar-refractivity contribution in [3.63, 3.8) is 0 Å². The number of morpholine rings is 1. The Morgan fingerprint density at radius 1 is 1.15 bits per heavy atom. The monoisotopic (exact) mass is 461 g/mol. The zero-order valence-electron chi connectivity index (χ0n) is 19.1. The molecule has 5 rings (SSSR count). The SMILES string of the molecule is CCc1nc(C)n2c1C(CC(=O)N1CCOCC1)C=C(c1cccc(Cl)c1)c1ccccc1-2. The number of fused-ring (bicyclic) bond motifs is 3. The number of para-hydroxylation sites is 1. The first kappa shape index (κ1) is 21.9. The molecule has 1 unspecified atom stereocenters. The molecule has 3 aromatic rings. The smallest absolute Gasteiger partial charge is 0.223 e. The Labute approximate surface area is 199 Å². The second-order valence-corrected chi connectivity index (χ2v) is 9.03. The minimum atomic E-state index is -0.0992. The Morgan fingerprint density at radius 3 is 2.70 bits per heavy atom. The Hall–Kier alpha value is -2.89. The Balaban J connectivity index is 1.69. The summed E-state index contributed by atoms with van der Waals surface area (Å²) in [5.41, 5.74) is 6.51. The number of ether oxygens (including phenoxy) is 1. The molecule has 2 aliphatic heterocycles. The molecule has 0 bridgehead atoms. The van der Waals surface area contributed by atoms with Gasteiger partial charge in [0, 0.05) is 36.0 Å². The van der Waals surface area contributed by atoms with Crippen molar-refractivity contribution in [2.75, 3.05) is 26.3 Å². The molecule has 0 aliphatic carbocycles. The average Bonchev–Trinajstić information content (AvgIpc) is 3.10. The van der Waals surface area contributed by atoms with Crippen LogP contribution in [-0.2, 0) is 16.0 Å². The quantitative estimate of drug-likeness (QED) is 0.538. The second kappa shape index (κ2) is 9.16. The lowest BCUT2D eigenvalue weighted by molar-refractivity contribution is -0.135. The van der Waals surface area contributed by atoms with E-state index >= 15 is 0 Å². The summed E-state index contributed by atoms with van der Waals surface area (Å²) in [6, 6.07) is 16.3. The fourth-order valence-corrected chi connectivity index (χ4v) is 5.20. The number of carbonyl (C=O) groups excluding carboxylic acids is 1. The number of hydrogen-bond donors (Lipinski definition) is 0. The van der Waals surface area contributed by atoms with Gasteiger partial charge in [-0.2, -0.15) is 0 Å². The van der Waals surface area contributed by atoms with Gasteiger partial charge in [0.25, 0.3) is 0 Å². The summed E-state index contributed by atoms with van der Waals surface area (Å²) in [5, 5.41) is 0.697. The third-order valence-electron chi connectivity index (χ3n) is 6.54. The topological polar surface area (TPSA) is 47.4 Å². The third-order valence-corrected chi connectivity index (χ3v) is 6.78. The predicted octanol–water partition coefficient (Wildman–Crippen LogP) is 5.17. The first-order chi connectivity index (χ1) is 16.1. The first-order valence-corrected chi connectivity index (χ1v) is 12.0. The molecule has 5 nitrogen and oxygen atoms in total. The second-order valence-electron chi connectivity index (χ2n) is 8.59. The van der Waals surface area contributed by atoms with Gasteiger partial charge >= 0.3 is 0 Å². The Kier molecular flexibility index (Phi) is 6.09. The Bertz CT molecular complexity index is 1220. The van der Waals surface area contributed by atoms with Crippen molar-refractivity contribution in [2.45, 2.75) is 32.6 Å². The molecule has 0 radical (unpaired) electrons. The molecule has 1 aromatic heterocycles. The molecule has 2 aliphatic rings. The van der Waals surface area contributed by atoms with Gasteiger partial charge < -0.3 is 9.64 Å². The third kappa shape index (κ3) is 4.11. The molecule has 33 heavy (non-hydrogen) atoms. The van der Waals surface area contributed by atoms with Crippen LogP contribution in [0.2, 0.25) is 5.02 Å². The highest BCUT2D eigenvalue weighted by molar-refractivity contribution is 6.30. The lowest BCUT2D eigenvalue weighted by Gasteiger charge is -2.28. The van der Waals surface area contributed by atoms with Gasteiger partial charge in [0.1, 0.15) is 5.82 Å². The lowest BCUT2D eigenvalue weighted by atomic mass is 9.91. The van der Waals surface area contributed by atoms with E-state index in [1.165, 1.54) is 0 Å². The van der Waals surface area contributed by atoms with Gasteiger partial charge in [-0.25, -0.2) is 4.98 Å². The summed E-state index contributed by atoms with van der Waals surface area (Å²) in [7, 11) is 0. The summed E-state index contributed by atoms with van der Waals surface area (Å²) >= 11 is 6.38. The number of nitrogens with zero attached hydrogens (tertiary/aromatic N) is 3. The number of allylic oxidation sites excluding steroid dienone is 1. The highest BCUT2D eigenvalue weighted by Gasteiger charge is 2.31. The van der Waals surface area contributed by atoms with E-state index in [2.05, 4.69) is 47.9 Å². The van der Waals surface area contributed by atoms with Crippen LogP contribution in [0.3, 0.4) is 0 Å². The maximum absolute atomic E-state index is 13.4. The molecular weight excluding hydrogens is 434 g/mol. The van der Waals surface area contributed by atoms with Gasteiger partial charge in [0.15, 0.2) is 0 Å². The zero-order valence-corrected chi connectivity index (χ0v) is 19.8. The number of rotatable bonds is 4. The van der Waals surface area contributed by atoms with E-state index in [4.69, 9.17) is 21.3 Å². The molecule has 3 heterocycles. The molecule has 1 atom stereocenters. The highest BCUT2D eigenvalue weighted by atomic mass is 35.5. The van der Waals surface area contributed by atoms with Gasteiger partial charge in [-0.3, -0.25) is 9.36 Å². The number of halogens is 1. The standard InChI is InChI=1S/C27H28ClN3O2/c1-3-24-27-20(17-26(32)30-11-13-33-14-12-30)16-23(19-7-6-8-21(28)15-19)22-9-4-5-10-25(22)31(27)18(2)29-24/h4-10,15-16,20H,3,11-14,17H2,1-2H3. The highest BCUT2D eigenvalue weighted by Crippen LogP contribution is 2.41. The van der Waals surface area contributed by atoms with Crippen LogP contribution in [0.25, 0.3) is 11.3 Å². The van der Waals surface area contributed by atoms with Crippen LogP contribution in [0.5, 0.6) is 0 Å². The van der Waals surface area contributed by atoms with Crippen molar-refractivity contribution in [1.29, 1.82) is 0 Å². The van der Waals surface area contributed by atoms with Crippen molar-refractivity contribution in [3.05, 3.63) is 88.0 Å². The normalized spacial score (nSPS) is 17.7. The number of hydrogen-bond acceptors (Lipinski definition) is 3. The average molecular weight is 462 g/mol. The molecule has 1 saturated heterocycles. The minimum absolute atomic E-state index is 0.0992. The lowest BCUT2D eigenvalue weighted by Crippen LogP contribution is -2.41. The Morgan fingerprint density at radius 2 is 1.94 bits per heavy atom. The van der Waals surface area contributed by atoms with E-state index in [-0.39, 0.29) is 11.8 Å². The van der Waals surface area contributed by atoms with E-state index in [1.807, 2.05) is 30.0 Å². The largest absolute Gasteiger partial charge is 0.378 e. The molecular formula is C27H28ClN3O2. The first-order valence-electron chi connectivity index (χ1n) is 11.6. The van der Waals surface area contributed by atoms with Crippen LogP contribution in [0, 0.1) is 6.92 Å².